The molecule has 3 N–H and O–H groups in total. The highest BCUT2D eigenvalue weighted by molar-refractivity contribution is 5.75. The van der Waals surface area contributed by atoms with Crippen molar-refractivity contribution in [2.75, 3.05) is 13.1 Å². The van der Waals surface area contributed by atoms with Crippen molar-refractivity contribution in [1.29, 1.82) is 0 Å². The van der Waals surface area contributed by atoms with Gasteiger partial charge in [0.2, 0.25) is 0 Å². The van der Waals surface area contributed by atoms with Crippen LogP contribution in [0.4, 0.5) is 0 Å². The van der Waals surface area contributed by atoms with Gasteiger partial charge >= 0.3 is 5.69 Å². The summed E-state index contributed by atoms with van der Waals surface area (Å²) < 4.78 is 0. The molecule has 1 aromatic heterocycles. The van der Waals surface area contributed by atoms with Crippen molar-refractivity contribution in [3.05, 3.63) is 34.2 Å². The Labute approximate surface area is 112 Å². The first-order valence-electron chi connectivity index (χ1n) is 6.95. The second-order valence-electron chi connectivity index (χ2n) is 5.28. The Bertz CT molecular complexity index is 609. The van der Waals surface area contributed by atoms with Gasteiger partial charge in [-0.3, -0.25) is 0 Å². The SMILES string of the molecule is CC(NN1CCCCC1)c1ccc2[nH]c(=O)[nH]c2c1. The highest BCUT2D eigenvalue weighted by atomic mass is 16.1. The van der Waals surface area contributed by atoms with E-state index in [1.807, 2.05) is 12.1 Å². The highest BCUT2D eigenvalue weighted by Gasteiger charge is 2.14. The second kappa shape index (κ2) is 5.19. The van der Waals surface area contributed by atoms with Crippen LogP contribution < -0.4 is 11.1 Å². The summed E-state index contributed by atoms with van der Waals surface area (Å²) in [5.41, 5.74) is 6.31. The van der Waals surface area contributed by atoms with Crippen molar-refractivity contribution in [3.8, 4) is 0 Å². The van der Waals surface area contributed by atoms with Gasteiger partial charge in [-0.15, -0.1) is 0 Å². The van der Waals surface area contributed by atoms with Crippen molar-refractivity contribution in [1.82, 2.24) is 20.4 Å². The van der Waals surface area contributed by atoms with E-state index in [0.29, 0.717) is 0 Å². The van der Waals surface area contributed by atoms with Crippen LogP contribution in [0, 0.1) is 0 Å². The summed E-state index contributed by atoms with van der Waals surface area (Å²) in [6, 6.07) is 6.31. The van der Waals surface area contributed by atoms with Crippen LogP contribution in [0.2, 0.25) is 0 Å². The predicted molar refractivity (Wildman–Crippen MR) is 75.9 cm³/mol. The third kappa shape index (κ3) is 2.72. The van der Waals surface area contributed by atoms with Gasteiger partial charge in [0.05, 0.1) is 11.0 Å². The minimum absolute atomic E-state index is 0.149. The summed E-state index contributed by atoms with van der Waals surface area (Å²) in [5, 5.41) is 2.30. The summed E-state index contributed by atoms with van der Waals surface area (Å²) in [5.74, 6) is 0. The van der Waals surface area contributed by atoms with E-state index >= 15 is 0 Å². The van der Waals surface area contributed by atoms with Crippen LogP contribution in [0.3, 0.4) is 0 Å². The number of nitrogens with one attached hydrogen (secondary N) is 3. The first-order valence-corrected chi connectivity index (χ1v) is 6.95. The minimum Gasteiger partial charge on any atom is -0.306 e. The summed E-state index contributed by atoms with van der Waals surface area (Å²) >= 11 is 0. The summed E-state index contributed by atoms with van der Waals surface area (Å²) in [6.07, 6.45) is 3.87. The predicted octanol–water partition coefficient (Wildman–Crippen LogP) is 1.91. The van der Waals surface area contributed by atoms with E-state index in [1.165, 1.54) is 24.8 Å². The van der Waals surface area contributed by atoms with E-state index in [2.05, 4.69) is 33.4 Å². The summed E-state index contributed by atoms with van der Waals surface area (Å²) in [4.78, 5) is 16.8. The number of hydrazine groups is 1. The molecule has 1 unspecified atom stereocenters. The number of hydrogen-bond acceptors (Lipinski definition) is 3. The molecule has 1 fully saturated rings. The number of piperidine rings is 1. The molecule has 0 aliphatic carbocycles. The number of nitrogens with zero attached hydrogens (tertiary/aromatic N) is 1. The average molecular weight is 260 g/mol. The molecule has 1 aliphatic heterocycles. The largest absolute Gasteiger partial charge is 0.323 e. The molecule has 0 radical (unpaired) electrons. The Kier molecular flexibility index (Phi) is 3.40. The van der Waals surface area contributed by atoms with Crippen LogP contribution >= 0.6 is 0 Å². The molecule has 1 aromatic carbocycles. The topological polar surface area (TPSA) is 63.9 Å². The lowest BCUT2D eigenvalue weighted by atomic mass is 10.1. The Morgan fingerprint density at radius 2 is 1.89 bits per heavy atom. The molecule has 102 valence electrons. The quantitative estimate of drug-likeness (QED) is 0.790. The van der Waals surface area contributed by atoms with Crippen LogP contribution in [-0.4, -0.2) is 28.1 Å². The lowest BCUT2D eigenvalue weighted by Gasteiger charge is -2.30. The summed E-state index contributed by atoms with van der Waals surface area (Å²) in [6.45, 7) is 4.39. The number of H-pyrrole nitrogens is 2. The molecule has 5 heteroatoms. The molecular formula is C14H20N4O. The number of aromatic amines is 2. The molecule has 1 atom stereocenters. The zero-order valence-electron chi connectivity index (χ0n) is 11.2. The highest BCUT2D eigenvalue weighted by Crippen LogP contribution is 2.18. The first-order chi connectivity index (χ1) is 9.22. The number of rotatable bonds is 3. The monoisotopic (exact) mass is 260 g/mol. The Morgan fingerprint density at radius 3 is 2.68 bits per heavy atom. The zero-order valence-corrected chi connectivity index (χ0v) is 11.2. The standard InChI is InChI=1S/C14H20N4O/c1-10(17-18-7-3-2-4-8-18)11-5-6-12-13(9-11)16-14(19)15-12/h5-6,9-10,17H,2-4,7-8H2,1H3,(H2,15,16,19). The fraction of sp³-hybridized carbons (Fsp3) is 0.500. The maximum Gasteiger partial charge on any atom is 0.323 e. The van der Waals surface area contributed by atoms with Gasteiger partial charge in [-0.05, 0) is 37.5 Å². The molecule has 3 rings (SSSR count). The van der Waals surface area contributed by atoms with Gasteiger partial charge in [-0.1, -0.05) is 12.5 Å². The fourth-order valence-electron chi connectivity index (χ4n) is 2.69. The number of aromatic nitrogens is 2. The van der Waals surface area contributed by atoms with Gasteiger partial charge in [-0.2, -0.15) is 0 Å². The van der Waals surface area contributed by atoms with Crippen molar-refractivity contribution < 1.29 is 0 Å². The van der Waals surface area contributed by atoms with Crippen LogP contribution in [-0.2, 0) is 0 Å². The van der Waals surface area contributed by atoms with E-state index in [9.17, 15) is 4.79 Å². The van der Waals surface area contributed by atoms with Gasteiger partial charge in [0, 0.05) is 19.1 Å². The maximum atomic E-state index is 11.3. The van der Waals surface area contributed by atoms with Crippen molar-refractivity contribution in [2.45, 2.75) is 32.2 Å². The molecular weight excluding hydrogens is 240 g/mol. The van der Waals surface area contributed by atoms with E-state index in [4.69, 9.17) is 0 Å². The molecule has 1 aliphatic rings. The molecule has 0 amide bonds. The second-order valence-corrected chi connectivity index (χ2v) is 5.28. The molecule has 0 saturated carbocycles. The Balaban J connectivity index is 1.76. The summed E-state index contributed by atoms with van der Waals surface area (Å²) in [7, 11) is 0. The third-order valence-corrected chi connectivity index (χ3v) is 3.77. The molecule has 0 spiro atoms. The van der Waals surface area contributed by atoms with E-state index in [-0.39, 0.29) is 11.7 Å². The normalized spacial score (nSPS) is 18.8. The van der Waals surface area contributed by atoms with Crippen LogP contribution in [0.25, 0.3) is 11.0 Å². The molecule has 0 bridgehead atoms. The van der Waals surface area contributed by atoms with Crippen LogP contribution in [0.1, 0.15) is 37.8 Å². The maximum absolute atomic E-state index is 11.3. The Hall–Kier alpha value is -1.59. The van der Waals surface area contributed by atoms with Gasteiger partial charge in [0.1, 0.15) is 0 Å². The van der Waals surface area contributed by atoms with Gasteiger partial charge < -0.3 is 9.97 Å². The molecule has 19 heavy (non-hydrogen) atoms. The van der Waals surface area contributed by atoms with Crippen molar-refractivity contribution in [3.63, 3.8) is 0 Å². The number of hydrogen-bond donors (Lipinski definition) is 3. The third-order valence-electron chi connectivity index (χ3n) is 3.77. The van der Waals surface area contributed by atoms with Crippen molar-refractivity contribution >= 4 is 11.0 Å². The van der Waals surface area contributed by atoms with E-state index in [1.54, 1.807) is 0 Å². The number of benzene rings is 1. The Morgan fingerprint density at radius 1 is 1.16 bits per heavy atom. The number of fused-ring (bicyclic) bond motifs is 1. The van der Waals surface area contributed by atoms with E-state index < -0.39 is 0 Å². The molecule has 2 heterocycles. The fourth-order valence-corrected chi connectivity index (χ4v) is 2.69. The molecule has 5 nitrogen and oxygen atoms in total. The smallest absolute Gasteiger partial charge is 0.306 e. The average Bonchev–Trinajstić information content (AvgIpc) is 2.78. The first kappa shape index (κ1) is 12.4. The van der Waals surface area contributed by atoms with E-state index in [0.717, 1.165) is 24.1 Å². The van der Waals surface area contributed by atoms with Crippen LogP contribution in [0.15, 0.2) is 23.0 Å². The zero-order chi connectivity index (χ0) is 13.2. The van der Waals surface area contributed by atoms with Crippen LogP contribution in [0.5, 0.6) is 0 Å². The molecule has 1 saturated heterocycles. The van der Waals surface area contributed by atoms with Crippen molar-refractivity contribution in [2.24, 2.45) is 0 Å². The lowest BCUT2D eigenvalue weighted by molar-refractivity contribution is 0.133. The van der Waals surface area contributed by atoms with Gasteiger partial charge in [0.15, 0.2) is 0 Å². The van der Waals surface area contributed by atoms with Gasteiger partial charge in [0.25, 0.3) is 0 Å². The molecule has 2 aromatic rings. The minimum atomic E-state index is -0.149. The number of imidazole rings is 1. The van der Waals surface area contributed by atoms with Gasteiger partial charge in [-0.25, -0.2) is 15.2 Å². The lowest BCUT2D eigenvalue weighted by Crippen LogP contribution is -2.42.